The van der Waals surface area contributed by atoms with E-state index in [4.69, 9.17) is 11.2 Å². The maximum absolute atomic E-state index is 15.3. The van der Waals surface area contributed by atoms with Crippen molar-refractivity contribution in [3.63, 3.8) is 0 Å². The molecule has 3 aliphatic heterocycles. The molecule has 16 heteroatoms. The van der Waals surface area contributed by atoms with Crippen molar-refractivity contribution in [2.45, 2.75) is 89.1 Å². The number of halogens is 4. The number of pyridine rings is 1. The van der Waals surface area contributed by atoms with E-state index >= 15 is 4.39 Å². The molecular weight excluding hydrogens is 640 g/mol. The van der Waals surface area contributed by atoms with Gasteiger partial charge in [0.1, 0.15) is 24.3 Å². The van der Waals surface area contributed by atoms with E-state index in [0.29, 0.717) is 6.92 Å². The van der Waals surface area contributed by atoms with Crippen molar-refractivity contribution in [1.82, 2.24) is 20.1 Å². The molecule has 0 unspecified atom stereocenters. The van der Waals surface area contributed by atoms with Crippen molar-refractivity contribution in [3.8, 4) is 24.2 Å². The summed E-state index contributed by atoms with van der Waals surface area (Å²) in [5.41, 5.74) is -2.77. The quantitative estimate of drug-likeness (QED) is 0.364. The zero-order valence-corrected chi connectivity index (χ0v) is 26.7. The summed E-state index contributed by atoms with van der Waals surface area (Å²) in [6.45, 7) is 4.87. The first-order valence-electron chi connectivity index (χ1n) is 15.5. The number of fused-ring (bicyclic) bond motifs is 2. The Bertz CT molecular complexity index is 1570. The van der Waals surface area contributed by atoms with Crippen LogP contribution in [0.25, 0.3) is 0 Å². The highest BCUT2D eigenvalue weighted by molar-refractivity contribution is 6.01. The number of hydrogen-bond acceptors (Lipinski definition) is 8. The number of ether oxygens (including phenoxy) is 2. The molecule has 4 amide bonds. The van der Waals surface area contributed by atoms with Gasteiger partial charge in [0.2, 0.25) is 17.4 Å². The van der Waals surface area contributed by atoms with Gasteiger partial charge in [-0.15, -0.1) is 6.42 Å². The number of anilines is 1. The largest absolute Gasteiger partial charge is 0.472 e. The van der Waals surface area contributed by atoms with E-state index in [-0.39, 0.29) is 43.9 Å². The van der Waals surface area contributed by atoms with E-state index in [0.717, 1.165) is 4.90 Å². The monoisotopic (exact) mass is 676 g/mol. The number of terminal acetylenes is 1. The third kappa shape index (κ3) is 6.20. The number of alkyl halides is 4. The van der Waals surface area contributed by atoms with Crippen molar-refractivity contribution in [3.05, 3.63) is 18.3 Å². The summed E-state index contributed by atoms with van der Waals surface area (Å²) in [5.74, 6) is -1.82. The van der Waals surface area contributed by atoms with Crippen LogP contribution in [0.2, 0.25) is 0 Å². The lowest BCUT2D eigenvalue weighted by Gasteiger charge is -2.39. The molecule has 0 bridgehead atoms. The Hall–Kier alpha value is -4.60. The second-order valence-electron chi connectivity index (χ2n) is 13.8. The minimum atomic E-state index is -4.85. The molecular formula is C32H36F4N6O6. The number of nitriles is 1. The minimum absolute atomic E-state index is 0.0701. The van der Waals surface area contributed by atoms with Crippen molar-refractivity contribution in [1.29, 1.82) is 5.26 Å². The topological polar surface area (TPSA) is 154 Å². The highest BCUT2D eigenvalue weighted by Crippen LogP contribution is 2.47. The van der Waals surface area contributed by atoms with Crippen LogP contribution in [0.3, 0.4) is 0 Å². The second-order valence-corrected chi connectivity index (χ2v) is 13.8. The van der Waals surface area contributed by atoms with Crippen molar-refractivity contribution < 1.29 is 46.2 Å². The molecule has 4 aliphatic rings. The molecule has 2 N–H and O–H groups in total. The maximum atomic E-state index is 15.3. The fourth-order valence-electron chi connectivity index (χ4n) is 7.13. The minimum Gasteiger partial charge on any atom is -0.472 e. The number of hydrogen-bond donors (Lipinski definition) is 2. The lowest BCUT2D eigenvalue weighted by atomic mass is 9.70. The van der Waals surface area contributed by atoms with E-state index in [9.17, 15) is 37.6 Å². The van der Waals surface area contributed by atoms with Crippen LogP contribution in [0.4, 0.5) is 28.2 Å². The highest BCUT2D eigenvalue weighted by Gasteiger charge is 2.61. The molecule has 1 spiro atoms. The van der Waals surface area contributed by atoms with E-state index in [1.165, 1.54) is 11.1 Å². The van der Waals surface area contributed by atoms with Crippen molar-refractivity contribution in [2.24, 2.45) is 23.2 Å². The summed E-state index contributed by atoms with van der Waals surface area (Å²) in [6.07, 6.45) is -2.95. The van der Waals surface area contributed by atoms with Crippen molar-refractivity contribution >= 4 is 29.6 Å². The van der Waals surface area contributed by atoms with E-state index < -0.39 is 89.2 Å². The predicted octanol–water partition coefficient (Wildman–Crippen LogP) is 3.19. The average Bonchev–Trinajstić information content (AvgIpc) is 3.58. The maximum Gasteiger partial charge on any atom is 0.425 e. The fraction of sp³-hybridized carbons (Fsp3) is 0.625. The number of aromatic nitrogens is 1. The van der Waals surface area contributed by atoms with Gasteiger partial charge in [0.05, 0.1) is 18.5 Å². The number of carbonyl (C=O) groups excluding carboxylic acids is 4. The van der Waals surface area contributed by atoms with Crippen LogP contribution in [0, 0.1) is 46.8 Å². The van der Waals surface area contributed by atoms with Gasteiger partial charge in [0, 0.05) is 25.1 Å². The second kappa shape index (κ2) is 12.5. The van der Waals surface area contributed by atoms with Crippen LogP contribution in [0.5, 0.6) is 5.75 Å². The molecule has 9 atom stereocenters. The van der Waals surface area contributed by atoms with Gasteiger partial charge >= 0.3 is 12.3 Å². The van der Waals surface area contributed by atoms with Gasteiger partial charge in [-0.1, -0.05) is 26.7 Å². The lowest BCUT2D eigenvalue weighted by molar-refractivity contribution is -0.197. The zero-order chi connectivity index (χ0) is 35.3. The van der Waals surface area contributed by atoms with Gasteiger partial charge in [0.25, 0.3) is 5.91 Å². The summed E-state index contributed by atoms with van der Waals surface area (Å²) >= 11 is 0. The molecule has 4 heterocycles. The Morgan fingerprint density at radius 2 is 1.96 bits per heavy atom. The van der Waals surface area contributed by atoms with Crippen LogP contribution >= 0.6 is 0 Å². The molecule has 12 nitrogen and oxygen atoms in total. The van der Waals surface area contributed by atoms with E-state index in [1.807, 2.05) is 6.07 Å². The van der Waals surface area contributed by atoms with Crippen LogP contribution in [-0.4, -0.2) is 93.9 Å². The van der Waals surface area contributed by atoms with Gasteiger partial charge in [-0.25, -0.2) is 14.2 Å². The molecule has 1 aliphatic carbocycles. The lowest BCUT2D eigenvalue weighted by Crippen LogP contribution is -2.60. The summed E-state index contributed by atoms with van der Waals surface area (Å²) in [6, 6.07) is 1.08. The van der Waals surface area contributed by atoms with E-state index in [1.54, 1.807) is 32.9 Å². The number of rotatable bonds is 4. The molecule has 0 radical (unpaired) electrons. The number of carbonyl (C=O) groups is 4. The SMILES string of the molecule is C#C[C@H]1[C@H]2[C@@H](CC[C@H]1F)CN(C(=O)[C@@H](NC(=O)O[C@H](C)C(F)(F)F)C(C)(C)C)[C@@H]2C(=O)N1C[C@@]2(C[C@H]1C#N)Oc1cccnc1NC2=O. The molecule has 258 valence electrons. The molecule has 1 aromatic heterocycles. The number of alkyl carbamates (subject to hydrolysis) is 1. The van der Waals surface area contributed by atoms with E-state index in [2.05, 4.69) is 26.3 Å². The molecule has 1 saturated carbocycles. The Morgan fingerprint density at radius 1 is 1.25 bits per heavy atom. The van der Waals surface area contributed by atoms with Gasteiger partial charge in [-0.3, -0.25) is 14.4 Å². The van der Waals surface area contributed by atoms with Gasteiger partial charge in [0.15, 0.2) is 17.7 Å². The smallest absolute Gasteiger partial charge is 0.425 e. The molecule has 1 aromatic rings. The normalized spacial score (nSPS) is 30.9. The number of nitrogens with zero attached hydrogens (tertiary/aromatic N) is 4. The zero-order valence-electron chi connectivity index (χ0n) is 26.7. The summed E-state index contributed by atoms with van der Waals surface area (Å²) < 4.78 is 65.2. The van der Waals surface area contributed by atoms with Crippen LogP contribution < -0.4 is 15.4 Å². The third-order valence-corrected chi connectivity index (χ3v) is 9.62. The van der Waals surface area contributed by atoms with Crippen LogP contribution in [-0.2, 0) is 19.1 Å². The highest BCUT2D eigenvalue weighted by atomic mass is 19.4. The number of amides is 4. The summed E-state index contributed by atoms with van der Waals surface area (Å²) in [4.78, 5) is 61.3. The van der Waals surface area contributed by atoms with Gasteiger partial charge < -0.3 is 29.9 Å². The predicted molar refractivity (Wildman–Crippen MR) is 159 cm³/mol. The van der Waals surface area contributed by atoms with Gasteiger partial charge in [-0.2, -0.15) is 18.4 Å². The Balaban J connectivity index is 1.49. The molecule has 48 heavy (non-hydrogen) atoms. The molecule has 0 aromatic carbocycles. The summed E-state index contributed by atoms with van der Waals surface area (Å²) in [5, 5.41) is 15.0. The first-order valence-corrected chi connectivity index (χ1v) is 15.5. The van der Waals surface area contributed by atoms with Gasteiger partial charge in [-0.05, 0) is 43.2 Å². The molecule has 3 fully saturated rings. The third-order valence-electron chi connectivity index (χ3n) is 9.62. The Morgan fingerprint density at radius 3 is 2.58 bits per heavy atom. The number of likely N-dealkylation sites (tertiary alicyclic amines) is 2. The van der Waals surface area contributed by atoms with Crippen molar-refractivity contribution in [2.75, 3.05) is 18.4 Å². The number of nitrogens with one attached hydrogen (secondary N) is 2. The molecule has 2 saturated heterocycles. The summed E-state index contributed by atoms with van der Waals surface area (Å²) in [7, 11) is 0. The first-order chi connectivity index (χ1) is 22.4. The molecule has 5 rings (SSSR count). The van der Waals surface area contributed by atoms with Crippen LogP contribution in [0.15, 0.2) is 18.3 Å². The standard InChI is InChI=1S/C32H36F4N6O6/c1-6-19-20(33)10-9-17-14-41(27(44)24(30(3,4)5)39-29(46)47-16(2)32(34,35)36)23(22(17)19)26(43)42-15-31(12-18(42)13-37)28(45)40-25-21(48-31)8-7-11-38-25/h1,7-8,11,16-20,22-24H,9-10,12,14-15H2,2-5H3,(H,39,46)(H,38,40,45)/t16-,17+,18+,19-,20-,22-,23+,24-,31-/m1/s1. The Kier molecular flexibility index (Phi) is 9.01. The first kappa shape index (κ1) is 34.7. The fourth-order valence-corrected chi connectivity index (χ4v) is 7.13. The average molecular weight is 677 g/mol. The Labute approximate surface area is 274 Å². The van der Waals surface area contributed by atoms with Crippen LogP contribution in [0.1, 0.15) is 47.0 Å².